The van der Waals surface area contributed by atoms with Gasteiger partial charge in [0.05, 0.1) is 0 Å². The predicted octanol–water partition coefficient (Wildman–Crippen LogP) is 1.55. The lowest BCUT2D eigenvalue weighted by atomic mass is 9.93. The summed E-state index contributed by atoms with van der Waals surface area (Å²) in [6.07, 6.45) is 0.884. The molecule has 130 valence electrons. The van der Waals surface area contributed by atoms with Crippen LogP contribution in [0.2, 0.25) is 0 Å². The second-order valence-electron chi connectivity index (χ2n) is 7.14. The number of nitrogens with zero attached hydrogens (tertiary/aromatic N) is 2. The van der Waals surface area contributed by atoms with Crippen molar-refractivity contribution in [2.45, 2.75) is 45.8 Å². The molecule has 0 spiro atoms. The van der Waals surface area contributed by atoms with Gasteiger partial charge in [0.2, 0.25) is 11.8 Å². The summed E-state index contributed by atoms with van der Waals surface area (Å²) < 4.78 is 0. The van der Waals surface area contributed by atoms with Crippen LogP contribution in [0.25, 0.3) is 0 Å². The van der Waals surface area contributed by atoms with Gasteiger partial charge in [-0.25, -0.2) is 0 Å². The number of piperazine rings is 2. The standard InChI is InChI=1S/C19H27N3O2/c1-4-14(3)17-19(24)22-10-9-21(12-16(22)18(23)20-17)11-15-7-5-13(2)6-8-15/h5-8,14,16-17H,4,9-12H2,1-3H3,(H,20,23)/t14-,16+,17-/m0/s1. The van der Waals surface area contributed by atoms with Gasteiger partial charge in [-0.1, -0.05) is 50.1 Å². The zero-order valence-corrected chi connectivity index (χ0v) is 14.8. The van der Waals surface area contributed by atoms with Crippen molar-refractivity contribution in [3.63, 3.8) is 0 Å². The maximum absolute atomic E-state index is 12.7. The van der Waals surface area contributed by atoms with Crippen molar-refractivity contribution in [1.29, 1.82) is 0 Å². The van der Waals surface area contributed by atoms with Gasteiger partial charge < -0.3 is 10.2 Å². The lowest BCUT2D eigenvalue weighted by molar-refractivity contribution is -0.154. The van der Waals surface area contributed by atoms with Crippen LogP contribution >= 0.6 is 0 Å². The summed E-state index contributed by atoms with van der Waals surface area (Å²) in [5.41, 5.74) is 2.49. The van der Waals surface area contributed by atoms with Crippen LogP contribution in [-0.4, -0.2) is 53.3 Å². The average molecular weight is 329 g/mol. The molecule has 2 amide bonds. The second kappa shape index (κ2) is 6.93. The number of aryl methyl sites for hydroxylation is 1. The molecule has 0 radical (unpaired) electrons. The summed E-state index contributed by atoms with van der Waals surface area (Å²) in [4.78, 5) is 29.3. The molecular weight excluding hydrogens is 302 g/mol. The minimum atomic E-state index is -0.359. The highest BCUT2D eigenvalue weighted by Gasteiger charge is 2.44. The van der Waals surface area contributed by atoms with Gasteiger partial charge in [-0.05, 0) is 18.4 Å². The van der Waals surface area contributed by atoms with Gasteiger partial charge in [-0.2, -0.15) is 0 Å². The van der Waals surface area contributed by atoms with E-state index in [1.165, 1.54) is 11.1 Å². The monoisotopic (exact) mass is 329 g/mol. The molecule has 1 aromatic carbocycles. The van der Waals surface area contributed by atoms with Gasteiger partial charge in [0, 0.05) is 26.2 Å². The zero-order chi connectivity index (χ0) is 17.3. The largest absolute Gasteiger partial charge is 0.342 e. The maximum Gasteiger partial charge on any atom is 0.246 e. The molecule has 2 fully saturated rings. The average Bonchev–Trinajstić information content (AvgIpc) is 2.59. The fourth-order valence-electron chi connectivity index (χ4n) is 3.53. The van der Waals surface area contributed by atoms with Crippen molar-refractivity contribution < 1.29 is 9.59 Å². The van der Waals surface area contributed by atoms with E-state index in [-0.39, 0.29) is 29.8 Å². The number of nitrogens with one attached hydrogen (secondary N) is 1. The lowest BCUT2D eigenvalue weighted by Gasteiger charge is -2.46. The zero-order valence-electron chi connectivity index (χ0n) is 14.8. The highest BCUT2D eigenvalue weighted by molar-refractivity contribution is 5.97. The first-order valence-electron chi connectivity index (χ1n) is 8.88. The van der Waals surface area contributed by atoms with E-state index >= 15 is 0 Å². The van der Waals surface area contributed by atoms with Crippen LogP contribution < -0.4 is 5.32 Å². The number of hydrogen-bond acceptors (Lipinski definition) is 3. The Morgan fingerprint density at radius 3 is 2.58 bits per heavy atom. The van der Waals surface area contributed by atoms with E-state index in [0.29, 0.717) is 13.1 Å². The van der Waals surface area contributed by atoms with Gasteiger partial charge in [-0.15, -0.1) is 0 Å². The number of benzene rings is 1. The molecule has 2 saturated heterocycles. The maximum atomic E-state index is 12.7. The smallest absolute Gasteiger partial charge is 0.246 e. The second-order valence-corrected chi connectivity index (χ2v) is 7.14. The Morgan fingerprint density at radius 1 is 1.21 bits per heavy atom. The molecule has 2 aliphatic heterocycles. The molecule has 1 aromatic rings. The highest BCUT2D eigenvalue weighted by atomic mass is 16.2. The molecule has 5 heteroatoms. The summed E-state index contributed by atoms with van der Waals surface area (Å²) in [6.45, 7) is 9.03. The van der Waals surface area contributed by atoms with Gasteiger partial charge in [0.25, 0.3) is 0 Å². The van der Waals surface area contributed by atoms with Gasteiger partial charge in [-0.3, -0.25) is 14.5 Å². The van der Waals surface area contributed by atoms with Crippen LogP contribution in [0, 0.1) is 12.8 Å². The summed E-state index contributed by atoms with van der Waals surface area (Å²) in [6, 6.07) is 7.78. The number of hydrogen-bond donors (Lipinski definition) is 1. The van der Waals surface area contributed by atoms with E-state index in [1.54, 1.807) is 4.90 Å². The fourth-order valence-corrected chi connectivity index (χ4v) is 3.53. The van der Waals surface area contributed by atoms with Gasteiger partial charge in [0.15, 0.2) is 0 Å². The molecule has 2 heterocycles. The Kier molecular flexibility index (Phi) is 4.90. The third kappa shape index (κ3) is 3.31. The van der Waals surface area contributed by atoms with Crippen molar-refractivity contribution in [1.82, 2.24) is 15.1 Å². The first-order chi connectivity index (χ1) is 11.5. The quantitative estimate of drug-likeness (QED) is 0.912. The fraction of sp³-hybridized carbons (Fsp3) is 0.579. The first kappa shape index (κ1) is 17.0. The molecule has 0 saturated carbocycles. The molecule has 5 nitrogen and oxygen atoms in total. The molecule has 0 bridgehead atoms. The van der Waals surface area contributed by atoms with E-state index in [4.69, 9.17) is 0 Å². The molecule has 24 heavy (non-hydrogen) atoms. The number of fused-ring (bicyclic) bond motifs is 1. The van der Waals surface area contributed by atoms with Crippen LogP contribution in [0.15, 0.2) is 24.3 Å². The molecule has 1 N–H and O–H groups in total. The summed E-state index contributed by atoms with van der Waals surface area (Å²) >= 11 is 0. The summed E-state index contributed by atoms with van der Waals surface area (Å²) in [5.74, 6) is 0.255. The Hall–Kier alpha value is -1.88. The highest BCUT2D eigenvalue weighted by Crippen LogP contribution is 2.22. The molecule has 2 aliphatic rings. The van der Waals surface area contributed by atoms with Crippen LogP contribution in [-0.2, 0) is 16.1 Å². The molecule has 0 unspecified atom stereocenters. The molecule has 0 aliphatic carbocycles. The Bertz CT molecular complexity index is 614. The van der Waals surface area contributed by atoms with Crippen molar-refractivity contribution in [2.75, 3.05) is 19.6 Å². The number of rotatable bonds is 4. The van der Waals surface area contributed by atoms with Crippen molar-refractivity contribution >= 4 is 11.8 Å². The number of carbonyl (C=O) groups excluding carboxylic acids is 2. The molecular formula is C19H27N3O2. The lowest BCUT2D eigenvalue weighted by Crippen LogP contribution is -2.70. The first-order valence-corrected chi connectivity index (χ1v) is 8.88. The minimum Gasteiger partial charge on any atom is -0.342 e. The van der Waals surface area contributed by atoms with E-state index in [9.17, 15) is 9.59 Å². The van der Waals surface area contributed by atoms with Crippen molar-refractivity contribution in [3.8, 4) is 0 Å². The molecule has 3 atom stereocenters. The SMILES string of the molecule is CC[C@H](C)[C@@H]1NC(=O)[C@H]2CN(Cc3ccc(C)cc3)CCN2C1=O. The van der Waals surface area contributed by atoms with Crippen molar-refractivity contribution in [3.05, 3.63) is 35.4 Å². The van der Waals surface area contributed by atoms with Crippen LogP contribution in [0.1, 0.15) is 31.4 Å². The minimum absolute atomic E-state index is 0.00601. The number of amides is 2. The van der Waals surface area contributed by atoms with E-state index in [1.807, 2.05) is 6.92 Å². The Labute approximate surface area is 144 Å². The van der Waals surface area contributed by atoms with Crippen LogP contribution in [0.3, 0.4) is 0 Å². The summed E-state index contributed by atoms with van der Waals surface area (Å²) in [7, 11) is 0. The third-order valence-corrected chi connectivity index (χ3v) is 5.35. The van der Waals surface area contributed by atoms with E-state index in [2.05, 4.69) is 48.3 Å². The third-order valence-electron chi connectivity index (χ3n) is 5.35. The normalized spacial score (nSPS) is 26.0. The Balaban J connectivity index is 1.67. The summed E-state index contributed by atoms with van der Waals surface area (Å²) in [5, 5.41) is 2.95. The van der Waals surface area contributed by atoms with Gasteiger partial charge >= 0.3 is 0 Å². The van der Waals surface area contributed by atoms with Crippen molar-refractivity contribution in [2.24, 2.45) is 5.92 Å². The van der Waals surface area contributed by atoms with E-state index < -0.39 is 0 Å². The predicted molar refractivity (Wildman–Crippen MR) is 93.3 cm³/mol. The Morgan fingerprint density at radius 2 is 1.92 bits per heavy atom. The molecule has 3 rings (SSSR count). The van der Waals surface area contributed by atoms with Crippen LogP contribution in [0.5, 0.6) is 0 Å². The van der Waals surface area contributed by atoms with Crippen LogP contribution in [0.4, 0.5) is 0 Å². The van der Waals surface area contributed by atoms with E-state index in [0.717, 1.165) is 19.5 Å². The van der Waals surface area contributed by atoms with Gasteiger partial charge in [0.1, 0.15) is 12.1 Å². The molecule has 0 aromatic heterocycles. The number of carbonyl (C=O) groups is 2. The topological polar surface area (TPSA) is 52.7 Å².